The van der Waals surface area contributed by atoms with E-state index in [-0.39, 0.29) is 0 Å². The topological polar surface area (TPSA) is 42.9 Å². The Morgan fingerprint density at radius 3 is 2.30 bits per heavy atom. The van der Waals surface area contributed by atoms with Crippen LogP contribution in [0.3, 0.4) is 0 Å². The van der Waals surface area contributed by atoms with Crippen molar-refractivity contribution in [3.63, 3.8) is 0 Å². The van der Waals surface area contributed by atoms with Crippen LogP contribution < -0.4 is 0 Å². The molecule has 0 atom stereocenters. The zero-order valence-electron chi connectivity index (χ0n) is 16.0. The normalized spacial score (nSPS) is 23.4. The van der Waals surface area contributed by atoms with Gasteiger partial charge in [0.15, 0.2) is 0 Å². The number of nitrogens with zero attached hydrogens (tertiary/aromatic N) is 5. The third-order valence-electron chi connectivity index (χ3n) is 6.28. The third kappa shape index (κ3) is 4.99. The Labute approximate surface area is 167 Å². The highest BCUT2D eigenvalue weighted by molar-refractivity contribution is 6.29. The van der Waals surface area contributed by atoms with E-state index in [1.165, 1.54) is 24.8 Å². The lowest BCUT2D eigenvalue weighted by Crippen LogP contribution is -2.56. The molecule has 3 aliphatic rings. The Hall–Kier alpha value is -1.21. The first-order valence-corrected chi connectivity index (χ1v) is 10.6. The smallest absolute Gasteiger partial charge is 0.236 e. The molecule has 2 aliphatic heterocycles. The van der Waals surface area contributed by atoms with Crippen molar-refractivity contribution in [1.29, 1.82) is 0 Å². The lowest BCUT2D eigenvalue weighted by atomic mass is 9.91. The van der Waals surface area contributed by atoms with Crippen LogP contribution in [0.4, 0.5) is 0 Å². The molecule has 148 valence electrons. The first kappa shape index (κ1) is 19.1. The van der Waals surface area contributed by atoms with Gasteiger partial charge in [0, 0.05) is 71.1 Å². The zero-order chi connectivity index (χ0) is 18.6. The van der Waals surface area contributed by atoms with Crippen LogP contribution >= 0.6 is 11.6 Å². The number of hydrogen-bond acceptors (Lipinski definition) is 5. The molecule has 1 amide bonds. The minimum atomic E-state index is 0.304. The Morgan fingerprint density at radius 1 is 1.00 bits per heavy atom. The van der Waals surface area contributed by atoms with Crippen LogP contribution in [0.2, 0.25) is 5.15 Å². The summed E-state index contributed by atoms with van der Waals surface area (Å²) in [6, 6.07) is 4.68. The van der Waals surface area contributed by atoms with Crippen molar-refractivity contribution in [3.05, 3.63) is 29.0 Å². The van der Waals surface area contributed by atoms with Crippen LogP contribution in [0, 0.1) is 0 Å². The van der Waals surface area contributed by atoms with E-state index < -0.39 is 0 Å². The summed E-state index contributed by atoms with van der Waals surface area (Å²) in [4.78, 5) is 26.2. The number of pyridine rings is 1. The molecule has 0 N–H and O–H groups in total. The van der Waals surface area contributed by atoms with Crippen LogP contribution in [0.5, 0.6) is 0 Å². The van der Waals surface area contributed by atoms with Gasteiger partial charge in [-0.05, 0) is 24.5 Å². The number of amides is 1. The zero-order valence-corrected chi connectivity index (χ0v) is 16.8. The van der Waals surface area contributed by atoms with Crippen LogP contribution in [0.25, 0.3) is 0 Å². The molecule has 2 saturated heterocycles. The van der Waals surface area contributed by atoms with Crippen molar-refractivity contribution in [2.45, 2.75) is 31.8 Å². The van der Waals surface area contributed by atoms with E-state index in [4.69, 9.17) is 11.6 Å². The third-order valence-corrected chi connectivity index (χ3v) is 6.50. The first-order valence-electron chi connectivity index (χ1n) is 10.2. The van der Waals surface area contributed by atoms with Crippen LogP contribution in [-0.4, -0.2) is 95.4 Å². The Kier molecular flexibility index (Phi) is 6.28. The molecule has 4 rings (SSSR count). The number of halogens is 1. The fraction of sp³-hybridized carbons (Fsp3) is 0.700. The number of hydrogen-bond donors (Lipinski definition) is 0. The molecule has 1 saturated carbocycles. The van der Waals surface area contributed by atoms with Gasteiger partial charge in [-0.1, -0.05) is 24.1 Å². The lowest BCUT2D eigenvalue weighted by Gasteiger charge is -2.43. The van der Waals surface area contributed by atoms with E-state index in [0.29, 0.717) is 17.6 Å². The number of carbonyl (C=O) groups excluding carboxylic acids is 1. The van der Waals surface area contributed by atoms with E-state index in [9.17, 15) is 4.79 Å². The van der Waals surface area contributed by atoms with Gasteiger partial charge in [-0.2, -0.15) is 0 Å². The van der Waals surface area contributed by atoms with Gasteiger partial charge < -0.3 is 4.90 Å². The largest absolute Gasteiger partial charge is 0.339 e. The van der Waals surface area contributed by atoms with Gasteiger partial charge in [-0.25, -0.2) is 4.98 Å². The molecule has 1 aromatic rings. The fourth-order valence-electron chi connectivity index (χ4n) is 4.24. The summed E-state index contributed by atoms with van der Waals surface area (Å²) in [5.74, 6) is 0.304. The molecule has 3 heterocycles. The maximum atomic E-state index is 12.7. The minimum absolute atomic E-state index is 0.304. The van der Waals surface area contributed by atoms with Crippen LogP contribution in [-0.2, 0) is 11.3 Å². The molecule has 0 radical (unpaired) electrons. The van der Waals surface area contributed by atoms with Crippen molar-refractivity contribution in [3.8, 4) is 0 Å². The summed E-state index contributed by atoms with van der Waals surface area (Å²) >= 11 is 5.85. The second kappa shape index (κ2) is 8.86. The monoisotopic (exact) mass is 391 g/mol. The summed E-state index contributed by atoms with van der Waals surface area (Å²) in [5.41, 5.74) is 1.19. The van der Waals surface area contributed by atoms with E-state index in [1.54, 1.807) is 0 Å². The van der Waals surface area contributed by atoms with E-state index in [0.717, 1.165) is 64.9 Å². The molecule has 0 aromatic carbocycles. The quantitative estimate of drug-likeness (QED) is 0.712. The molecule has 3 fully saturated rings. The Balaban J connectivity index is 1.16. The Bertz CT molecular complexity index is 620. The van der Waals surface area contributed by atoms with Gasteiger partial charge in [0.2, 0.25) is 5.91 Å². The summed E-state index contributed by atoms with van der Waals surface area (Å²) in [5, 5.41) is 0.538. The maximum absolute atomic E-state index is 12.7. The summed E-state index contributed by atoms with van der Waals surface area (Å²) in [6.07, 6.45) is 5.93. The second-order valence-electron chi connectivity index (χ2n) is 8.04. The predicted molar refractivity (Wildman–Crippen MR) is 107 cm³/mol. The fourth-order valence-corrected chi connectivity index (χ4v) is 4.36. The predicted octanol–water partition coefficient (Wildman–Crippen LogP) is 1.55. The van der Waals surface area contributed by atoms with Crippen molar-refractivity contribution in [2.24, 2.45) is 0 Å². The van der Waals surface area contributed by atoms with E-state index in [2.05, 4.69) is 24.6 Å². The van der Waals surface area contributed by atoms with Crippen LogP contribution in [0.1, 0.15) is 24.8 Å². The van der Waals surface area contributed by atoms with Crippen molar-refractivity contribution in [1.82, 2.24) is 24.6 Å². The maximum Gasteiger partial charge on any atom is 0.236 e. The molecule has 1 aliphatic carbocycles. The lowest BCUT2D eigenvalue weighted by molar-refractivity contribution is -0.135. The summed E-state index contributed by atoms with van der Waals surface area (Å²) in [7, 11) is 0. The molecule has 0 bridgehead atoms. The summed E-state index contributed by atoms with van der Waals surface area (Å²) in [6.45, 7) is 9.27. The van der Waals surface area contributed by atoms with Crippen molar-refractivity contribution < 1.29 is 4.79 Å². The van der Waals surface area contributed by atoms with E-state index >= 15 is 0 Å². The number of rotatable bonds is 5. The highest BCUT2D eigenvalue weighted by atomic mass is 35.5. The first-order chi connectivity index (χ1) is 13.2. The molecule has 1 aromatic heterocycles. The average molecular weight is 392 g/mol. The van der Waals surface area contributed by atoms with Gasteiger partial charge in [0.1, 0.15) is 5.15 Å². The Morgan fingerprint density at radius 2 is 1.70 bits per heavy atom. The molecule has 0 unspecified atom stereocenters. The molecule has 6 nitrogen and oxygen atoms in total. The SMILES string of the molecule is O=C(CN1CCN(Cc2ccc(Cl)nc2)CC1)N1CCN(C2CCC2)CC1. The number of aromatic nitrogens is 1. The van der Waals surface area contributed by atoms with Gasteiger partial charge in [0.05, 0.1) is 6.54 Å². The average Bonchev–Trinajstić information content (AvgIpc) is 2.64. The standard InChI is InChI=1S/C20H30ClN5O/c21-19-5-4-17(14-22-19)15-23-6-8-24(9-7-23)16-20(27)26-12-10-25(11-13-26)18-2-1-3-18/h4-5,14,18H,1-3,6-13,15-16H2. The van der Waals surface area contributed by atoms with Crippen molar-refractivity contribution >= 4 is 17.5 Å². The molecule has 7 heteroatoms. The highest BCUT2D eigenvalue weighted by Gasteiger charge is 2.30. The van der Waals surface area contributed by atoms with Gasteiger partial charge >= 0.3 is 0 Å². The highest BCUT2D eigenvalue weighted by Crippen LogP contribution is 2.25. The van der Waals surface area contributed by atoms with Gasteiger partial charge in [-0.15, -0.1) is 0 Å². The number of carbonyl (C=O) groups is 1. The van der Waals surface area contributed by atoms with Crippen LogP contribution in [0.15, 0.2) is 18.3 Å². The second-order valence-corrected chi connectivity index (χ2v) is 8.43. The van der Waals surface area contributed by atoms with E-state index in [1.807, 2.05) is 18.3 Å². The minimum Gasteiger partial charge on any atom is -0.339 e. The molecule has 27 heavy (non-hydrogen) atoms. The molecular formula is C20H30ClN5O. The van der Waals surface area contributed by atoms with Gasteiger partial charge in [0.25, 0.3) is 0 Å². The molecule has 0 spiro atoms. The summed E-state index contributed by atoms with van der Waals surface area (Å²) < 4.78 is 0. The molecular weight excluding hydrogens is 362 g/mol. The van der Waals surface area contributed by atoms with Gasteiger partial charge in [-0.3, -0.25) is 19.5 Å². The number of piperazine rings is 2. The van der Waals surface area contributed by atoms with Crippen molar-refractivity contribution in [2.75, 3.05) is 58.9 Å².